The Morgan fingerprint density at radius 2 is 1.92 bits per heavy atom. The molecule has 1 fully saturated rings. The summed E-state index contributed by atoms with van der Waals surface area (Å²) in [5, 5.41) is 0. The third-order valence-corrected chi connectivity index (χ3v) is 2.35. The molecule has 1 rings (SSSR count). The standard InChI is InChI=1S/C9H19BO2/c1-3-4-5-6-9-7-11-10(2)12-8-9/h9H,3-8H2,1-2H3. The number of rotatable bonds is 4. The molecule has 0 aromatic rings. The van der Waals surface area contributed by atoms with Crippen molar-refractivity contribution in [1.82, 2.24) is 0 Å². The molecule has 1 aliphatic heterocycles. The molecule has 1 saturated heterocycles. The molecule has 0 radical (unpaired) electrons. The number of hydrogen-bond donors (Lipinski definition) is 0. The van der Waals surface area contributed by atoms with Crippen molar-refractivity contribution in [2.75, 3.05) is 13.2 Å². The Labute approximate surface area is 75.8 Å². The first-order valence-corrected chi connectivity index (χ1v) is 5.06. The monoisotopic (exact) mass is 170 g/mol. The molecule has 0 unspecified atom stereocenters. The van der Waals surface area contributed by atoms with E-state index in [0.717, 1.165) is 13.2 Å². The maximum absolute atomic E-state index is 5.40. The zero-order valence-electron chi connectivity index (χ0n) is 8.21. The first-order chi connectivity index (χ1) is 5.83. The van der Waals surface area contributed by atoms with Gasteiger partial charge >= 0.3 is 7.12 Å². The topological polar surface area (TPSA) is 18.5 Å². The van der Waals surface area contributed by atoms with E-state index in [-0.39, 0.29) is 7.12 Å². The molecular weight excluding hydrogens is 151 g/mol. The molecule has 0 spiro atoms. The molecule has 0 saturated carbocycles. The molecule has 70 valence electrons. The van der Waals surface area contributed by atoms with Crippen LogP contribution in [0.25, 0.3) is 0 Å². The fourth-order valence-electron chi connectivity index (χ4n) is 1.49. The van der Waals surface area contributed by atoms with Crippen LogP contribution in [-0.4, -0.2) is 20.3 Å². The van der Waals surface area contributed by atoms with E-state index in [4.69, 9.17) is 9.31 Å². The van der Waals surface area contributed by atoms with Crippen molar-refractivity contribution in [3.05, 3.63) is 0 Å². The molecule has 1 heterocycles. The van der Waals surface area contributed by atoms with Gasteiger partial charge in [0.05, 0.1) is 0 Å². The van der Waals surface area contributed by atoms with Crippen molar-refractivity contribution >= 4 is 7.12 Å². The van der Waals surface area contributed by atoms with Crippen molar-refractivity contribution in [3.8, 4) is 0 Å². The third kappa shape index (κ3) is 3.59. The van der Waals surface area contributed by atoms with Crippen molar-refractivity contribution in [2.24, 2.45) is 5.92 Å². The van der Waals surface area contributed by atoms with E-state index in [0.29, 0.717) is 5.92 Å². The van der Waals surface area contributed by atoms with E-state index >= 15 is 0 Å². The van der Waals surface area contributed by atoms with Gasteiger partial charge < -0.3 is 9.31 Å². The fourth-order valence-corrected chi connectivity index (χ4v) is 1.49. The van der Waals surface area contributed by atoms with E-state index in [1.165, 1.54) is 25.7 Å². The second kappa shape index (κ2) is 5.60. The molecule has 0 atom stereocenters. The summed E-state index contributed by atoms with van der Waals surface area (Å²) in [7, 11) is 0.0208. The Morgan fingerprint density at radius 1 is 1.25 bits per heavy atom. The van der Waals surface area contributed by atoms with E-state index < -0.39 is 0 Å². The highest BCUT2D eigenvalue weighted by molar-refractivity contribution is 6.42. The molecule has 0 amide bonds. The van der Waals surface area contributed by atoms with E-state index in [1.54, 1.807) is 0 Å². The molecule has 12 heavy (non-hydrogen) atoms. The minimum Gasteiger partial charge on any atom is -0.411 e. The predicted octanol–water partition coefficient (Wildman–Crippen LogP) is 2.35. The van der Waals surface area contributed by atoms with Gasteiger partial charge in [-0.3, -0.25) is 0 Å². The summed E-state index contributed by atoms with van der Waals surface area (Å²) in [4.78, 5) is 0. The lowest BCUT2D eigenvalue weighted by Crippen LogP contribution is -2.33. The van der Waals surface area contributed by atoms with Crippen LogP contribution in [0.5, 0.6) is 0 Å². The van der Waals surface area contributed by atoms with E-state index in [9.17, 15) is 0 Å². The number of hydrogen-bond acceptors (Lipinski definition) is 2. The lowest BCUT2D eigenvalue weighted by molar-refractivity contribution is 0.0773. The van der Waals surface area contributed by atoms with Crippen molar-refractivity contribution in [1.29, 1.82) is 0 Å². The fraction of sp³-hybridized carbons (Fsp3) is 1.00. The van der Waals surface area contributed by atoms with Gasteiger partial charge in [0.15, 0.2) is 0 Å². The lowest BCUT2D eigenvalue weighted by Gasteiger charge is -2.25. The van der Waals surface area contributed by atoms with Gasteiger partial charge in [0.25, 0.3) is 0 Å². The van der Waals surface area contributed by atoms with E-state index in [1.807, 2.05) is 6.82 Å². The van der Waals surface area contributed by atoms with Crippen LogP contribution < -0.4 is 0 Å². The zero-order chi connectivity index (χ0) is 8.81. The number of unbranched alkanes of at least 4 members (excludes halogenated alkanes) is 2. The largest absolute Gasteiger partial charge is 0.453 e. The van der Waals surface area contributed by atoms with E-state index in [2.05, 4.69) is 6.92 Å². The SMILES string of the molecule is CCCCCC1COB(C)OC1. The van der Waals surface area contributed by atoms with Gasteiger partial charge in [-0.05, 0) is 13.2 Å². The Kier molecular flexibility index (Phi) is 4.70. The average Bonchev–Trinajstić information content (AvgIpc) is 2.09. The summed E-state index contributed by atoms with van der Waals surface area (Å²) in [6, 6.07) is 0. The summed E-state index contributed by atoms with van der Waals surface area (Å²) < 4.78 is 10.8. The summed E-state index contributed by atoms with van der Waals surface area (Å²) in [6.45, 7) is 5.98. The van der Waals surface area contributed by atoms with Gasteiger partial charge in [-0.15, -0.1) is 0 Å². The molecule has 3 heteroatoms. The summed E-state index contributed by atoms with van der Waals surface area (Å²) in [5.41, 5.74) is 0. The second-order valence-electron chi connectivity index (χ2n) is 3.60. The molecular formula is C9H19BO2. The smallest absolute Gasteiger partial charge is 0.411 e. The predicted molar refractivity (Wildman–Crippen MR) is 51.2 cm³/mol. The van der Waals surface area contributed by atoms with Crippen molar-refractivity contribution in [3.63, 3.8) is 0 Å². The van der Waals surface area contributed by atoms with Crippen LogP contribution in [0.2, 0.25) is 6.82 Å². The quantitative estimate of drug-likeness (QED) is 0.476. The first-order valence-electron chi connectivity index (χ1n) is 5.06. The molecule has 0 aromatic carbocycles. The van der Waals surface area contributed by atoms with Gasteiger partial charge in [-0.25, -0.2) is 0 Å². The van der Waals surface area contributed by atoms with Crippen LogP contribution in [0, 0.1) is 5.92 Å². The van der Waals surface area contributed by atoms with Crippen LogP contribution in [-0.2, 0) is 9.31 Å². The zero-order valence-corrected chi connectivity index (χ0v) is 8.21. The van der Waals surface area contributed by atoms with Crippen LogP contribution in [0.3, 0.4) is 0 Å². The first kappa shape index (κ1) is 10.1. The molecule has 2 nitrogen and oxygen atoms in total. The average molecular weight is 170 g/mol. The highest BCUT2D eigenvalue weighted by Gasteiger charge is 2.21. The highest BCUT2D eigenvalue weighted by Crippen LogP contribution is 2.15. The van der Waals surface area contributed by atoms with Crippen LogP contribution in [0.15, 0.2) is 0 Å². The van der Waals surface area contributed by atoms with Gasteiger partial charge in [-0.1, -0.05) is 26.2 Å². The molecule has 0 N–H and O–H groups in total. The summed E-state index contributed by atoms with van der Waals surface area (Å²) >= 11 is 0. The summed E-state index contributed by atoms with van der Waals surface area (Å²) in [6.07, 6.45) is 5.22. The minimum atomic E-state index is 0.0208. The normalized spacial score (nSPS) is 20.0. The Morgan fingerprint density at radius 3 is 2.50 bits per heavy atom. The van der Waals surface area contributed by atoms with Crippen LogP contribution >= 0.6 is 0 Å². The molecule has 0 aromatic heterocycles. The van der Waals surface area contributed by atoms with Crippen LogP contribution in [0.4, 0.5) is 0 Å². The maximum atomic E-state index is 5.40. The van der Waals surface area contributed by atoms with Gasteiger partial charge in [0.1, 0.15) is 0 Å². The molecule has 0 bridgehead atoms. The molecule has 1 aliphatic rings. The third-order valence-electron chi connectivity index (χ3n) is 2.35. The second-order valence-corrected chi connectivity index (χ2v) is 3.60. The Balaban J connectivity index is 2.01. The highest BCUT2D eigenvalue weighted by atomic mass is 16.6. The van der Waals surface area contributed by atoms with Crippen molar-refractivity contribution < 1.29 is 9.31 Å². The lowest BCUT2D eigenvalue weighted by atomic mass is 9.90. The van der Waals surface area contributed by atoms with Gasteiger partial charge in [0, 0.05) is 19.1 Å². The molecule has 0 aliphatic carbocycles. The van der Waals surface area contributed by atoms with Gasteiger partial charge in [-0.2, -0.15) is 0 Å². The van der Waals surface area contributed by atoms with Crippen LogP contribution in [0.1, 0.15) is 32.6 Å². The summed E-state index contributed by atoms with van der Waals surface area (Å²) in [5.74, 6) is 0.646. The maximum Gasteiger partial charge on any atom is 0.453 e. The van der Waals surface area contributed by atoms with Crippen molar-refractivity contribution in [2.45, 2.75) is 39.4 Å². The van der Waals surface area contributed by atoms with Gasteiger partial charge in [0.2, 0.25) is 0 Å². The Bertz CT molecular complexity index is 111. The minimum absolute atomic E-state index is 0.0208. The Hall–Kier alpha value is -0.0151.